The third kappa shape index (κ3) is 2.37. The zero-order valence-electron chi connectivity index (χ0n) is 12.7. The predicted octanol–water partition coefficient (Wildman–Crippen LogP) is 3.49. The van der Waals surface area contributed by atoms with E-state index in [0.29, 0.717) is 0 Å². The lowest BCUT2D eigenvalue weighted by Crippen LogP contribution is -2.17. The fourth-order valence-corrected chi connectivity index (χ4v) is 3.93. The first kappa shape index (κ1) is 14.2. The van der Waals surface area contributed by atoms with Gasteiger partial charge in [-0.25, -0.2) is 4.68 Å². The van der Waals surface area contributed by atoms with E-state index in [0.717, 1.165) is 40.4 Å². The van der Waals surface area contributed by atoms with Crippen LogP contribution in [-0.4, -0.2) is 22.6 Å². The molecule has 3 aromatic rings. The van der Waals surface area contributed by atoms with Gasteiger partial charge in [-0.05, 0) is 36.8 Å². The third-order valence-electron chi connectivity index (χ3n) is 4.08. The second-order valence-electron chi connectivity index (χ2n) is 5.40. The minimum Gasteiger partial charge on any atom is -0.497 e. The number of ether oxygens (including phenoxy) is 1. The Kier molecular flexibility index (Phi) is 3.50. The van der Waals surface area contributed by atoms with Gasteiger partial charge in [0.25, 0.3) is 5.56 Å². The number of H-pyrrole nitrogens is 1. The minimum atomic E-state index is 0.0301. The Morgan fingerprint density at radius 1 is 1.13 bits per heavy atom. The van der Waals surface area contributed by atoms with Crippen LogP contribution in [0.4, 0.5) is 0 Å². The average Bonchev–Trinajstić information content (AvgIpc) is 2.81. The summed E-state index contributed by atoms with van der Waals surface area (Å²) in [4.78, 5) is 14.0. The van der Waals surface area contributed by atoms with Crippen LogP contribution in [0.1, 0.15) is 5.56 Å². The maximum absolute atomic E-state index is 12.8. The number of nitrogens with zero attached hydrogens (tertiary/aromatic N) is 1. The first-order valence-corrected chi connectivity index (χ1v) is 8.47. The Morgan fingerprint density at radius 3 is 2.70 bits per heavy atom. The van der Waals surface area contributed by atoms with E-state index in [1.165, 1.54) is 4.90 Å². The van der Waals surface area contributed by atoms with Gasteiger partial charge >= 0.3 is 0 Å². The van der Waals surface area contributed by atoms with E-state index in [-0.39, 0.29) is 5.56 Å². The average molecular weight is 324 g/mol. The van der Waals surface area contributed by atoms with Crippen molar-refractivity contribution in [1.29, 1.82) is 0 Å². The number of aromatic nitrogens is 2. The van der Waals surface area contributed by atoms with Crippen LogP contribution in [-0.2, 0) is 6.42 Å². The Bertz CT molecular complexity index is 910. The second-order valence-corrected chi connectivity index (χ2v) is 6.54. The molecule has 4 nitrogen and oxygen atoms in total. The van der Waals surface area contributed by atoms with Gasteiger partial charge in [-0.15, -0.1) is 11.8 Å². The van der Waals surface area contributed by atoms with Crippen LogP contribution < -0.4 is 10.3 Å². The van der Waals surface area contributed by atoms with Crippen LogP contribution >= 0.6 is 11.8 Å². The molecule has 0 fully saturated rings. The highest BCUT2D eigenvalue weighted by Gasteiger charge is 2.21. The van der Waals surface area contributed by atoms with Crippen LogP contribution in [0.5, 0.6) is 5.75 Å². The summed E-state index contributed by atoms with van der Waals surface area (Å²) in [5.41, 5.74) is 3.75. The quantitative estimate of drug-likeness (QED) is 0.785. The molecule has 0 unspecified atom stereocenters. The molecule has 1 aliphatic heterocycles. The molecule has 2 heterocycles. The number of hydrogen-bond donors (Lipinski definition) is 1. The topological polar surface area (TPSA) is 47.0 Å². The smallest absolute Gasteiger partial charge is 0.275 e. The van der Waals surface area contributed by atoms with Gasteiger partial charge < -0.3 is 4.74 Å². The molecule has 0 saturated carbocycles. The van der Waals surface area contributed by atoms with Crippen molar-refractivity contribution in [3.05, 3.63) is 64.4 Å². The van der Waals surface area contributed by atoms with Gasteiger partial charge in [-0.3, -0.25) is 9.89 Å². The molecule has 0 amide bonds. The highest BCUT2D eigenvalue weighted by atomic mass is 32.2. The lowest BCUT2D eigenvalue weighted by atomic mass is 10.1. The van der Waals surface area contributed by atoms with Crippen molar-refractivity contribution in [3.63, 3.8) is 0 Å². The Hall–Kier alpha value is -2.40. The molecule has 5 heteroatoms. The van der Waals surface area contributed by atoms with Crippen molar-refractivity contribution in [3.8, 4) is 22.7 Å². The molecule has 0 atom stereocenters. The summed E-state index contributed by atoms with van der Waals surface area (Å²) in [7, 11) is 1.63. The van der Waals surface area contributed by atoms with Gasteiger partial charge in [0.1, 0.15) is 5.75 Å². The molecular weight excluding hydrogens is 308 g/mol. The number of benzene rings is 2. The van der Waals surface area contributed by atoms with Gasteiger partial charge in [0.15, 0.2) is 0 Å². The zero-order valence-corrected chi connectivity index (χ0v) is 13.5. The largest absolute Gasteiger partial charge is 0.497 e. The molecule has 0 spiro atoms. The summed E-state index contributed by atoms with van der Waals surface area (Å²) in [6, 6.07) is 15.7. The van der Waals surface area contributed by atoms with Gasteiger partial charge in [0.2, 0.25) is 0 Å². The summed E-state index contributed by atoms with van der Waals surface area (Å²) in [6.07, 6.45) is 0.771. The van der Waals surface area contributed by atoms with Crippen molar-refractivity contribution in [2.45, 2.75) is 11.3 Å². The van der Waals surface area contributed by atoms with E-state index >= 15 is 0 Å². The van der Waals surface area contributed by atoms with Crippen molar-refractivity contribution >= 4 is 11.8 Å². The first-order valence-electron chi connectivity index (χ1n) is 7.48. The van der Waals surface area contributed by atoms with Gasteiger partial charge in [0, 0.05) is 21.8 Å². The van der Waals surface area contributed by atoms with Crippen molar-refractivity contribution < 1.29 is 4.74 Å². The van der Waals surface area contributed by atoms with Crippen LogP contribution in [0.15, 0.2) is 58.2 Å². The van der Waals surface area contributed by atoms with Crippen LogP contribution in [0.3, 0.4) is 0 Å². The molecule has 1 N–H and O–H groups in total. The minimum absolute atomic E-state index is 0.0301. The SMILES string of the molecule is COc1ccc(-n2[nH]c3c(c2=O)CCSc2ccccc2-3)cc1. The van der Waals surface area contributed by atoms with Gasteiger partial charge in [0.05, 0.1) is 18.5 Å². The summed E-state index contributed by atoms with van der Waals surface area (Å²) in [5.74, 6) is 1.69. The van der Waals surface area contributed by atoms with Gasteiger partial charge in [-0.1, -0.05) is 18.2 Å². The van der Waals surface area contributed by atoms with Crippen LogP contribution in [0.2, 0.25) is 0 Å². The lowest BCUT2D eigenvalue weighted by molar-refractivity contribution is 0.414. The van der Waals surface area contributed by atoms with E-state index in [4.69, 9.17) is 4.74 Å². The van der Waals surface area contributed by atoms with Crippen LogP contribution in [0, 0.1) is 0 Å². The highest BCUT2D eigenvalue weighted by Crippen LogP contribution is 2.35. The number of methoxy groups -OCH3 is 1. The Labute approximate surface area is 138 Å². The molecule has 116 valence electrons. The summed E-state index contributed by atoms with van der Waals surface area (Å²) < 4.78 is 6.80. The van der Waals surface area contributed by atoms with E-state index in [1.54, 1.807) is 23.6 Å². The van der Waals surface area contributed by atoms with Gasteiger partial charge in [-0.2, -0.15) is 0 Å². The second kappa shape index (κ2) is 5.66. The highest BCUT2D eigenvalue weighted by molar-refractivity contribution is 7.99. The maximum atomic E-state index is 12.8. The standard InChI is InChI=1S/C18H16N2O2S/c1-22-13-8-6-12(7-9-13)20-18(21)15-10-11-23-16-5-3-2-4-14(16)17(15)19-20/h2-9,19H,10-11H2,1H3. The fourth-order valence-electron chi connectivity index (χ4n) is 2.90. The summed E-state index contributed by atoms with van der Waals surface area (Å²) >= 11 is 1.80. The molecule has 4 rings (SSSR count). The molecular formula is C18H16N2O2S. The predicted molar refractivity (Wildman–Crippen MR) is 92.8 cm³/mol. The molecule has 1 aromatic heterocycles. The lowest BCUT2D eigenvalue weighted by Gasteiger charge is -2.06. The molecule has 0 aliphatic carbocycles. The van der Waals surface area contributed by atoms with E-state index in [2.05, 4.69) is 17.2 Å². The fraction of sp³-hybridized carbons (Fsp3) is 0.167. The number of thioether (sulfide) groups is 1. The van der Waals surface area contributed by atoms with E-state index in [1.807, 2.05) is 36.4 Å². The van der Waals surface area contributed by atoms with E-state index in [9.17, 15) is 4.79 Å². The zero-order chi connectivity index (χ0) is 15.8. The monoisotopic (exact) mass is 324 g/mol. The van der Waals surface area contributed by atoms with Crippen molar-refractivity contribution in [2.24, 2.45) is 0 Å². The molecule has 0 bridgehead atoms. The Balaban J connectivity index is 1.88. The van der Waals surface area contributed by atoms with Crippen molar-refractivity contribution in [1.82, 2.24) is 9.78 Å². The van der Waals surface area contributed by atoms with Crippen molar-refractivity contribution in [2.75, 3.05) is 12.9 Å². The molecule has 23 heavy (non-hydrogen) atoms. The van der Waals surface area contributed by atoms with Crippen LogP contribution in [0.25, 0.3) is 16.9 Å². The number of nitrogens with one attached hydrogen (secondary N) is 1. The normalized spacial score (nSPS) is 13.1. The van der Waals surface area contributed by atoms with E-state index < -0.39 is 0 Å². The Morgan fingerprint density at radius 2 is 1.91 bits per heavy atom. The first-order chi connectivity index (χ1) is 11.3. The number of hydrogen-bond acceptors (Lipinski definition) is 3. The number of rotatable bonds is 2. The maximum Gasteiger partial charge on any atom is 0.275 e. The number of fused-ring (bicyclic) bond motifs is 3. The molecule has 2 aromatic carbocycles. The molecule has 1 aliphatic rings. The molecule has 0 saturated heterocycles. The summed E-state index contributed by atoms with van der Waals surface area (Å²) in [6.45, 7) is 0. The molecule has 0 radical (unpaired) electrons. The summed E-state index contributed by atoms with van der Waals surface area (Å²) in [5, 5.41) is 3.30. The third-order valence-corrected chi connectivity index (χ3v) is 5.16. The number of aromatic amines is 1.